The number of benzene rings is 2. The summed E-state index contributed by atoms with van der Waals surface area (Å²) in [5, 5.41) is 3.76. The van der Waals surface area contributed by atoms with Crippen LogP contribution in [0, 0.1) is 5.41 Å². The van der Waals surface area contributed by atoms with Gasteiger partial charge in [-0.05, 0) is 68.7 Å². The second kappa shape index (κ2) is 7.88. The number of nitrogen functional groups attached to an aromatic ring is 1. The Morgan fingerprint density at radius 2 is 1.72 bits per heavy atom. The number of carbonyl (C=O) groups is 1. The minimum atomic E-state index is -0.0345. The number of amides is 2. The molecule has 3 N–H and O–H groups in total. The fourth-order valence-electron chi connectivity index (χ4n) is 4.81. The molecule has 0 bridgehead atoms. The zero-order valence-electron chi connectivity index (χ0n) is 17.1. The van der Waals surface area contributed by atoms with Gasteiger partial charge in [-0.2, -0.15) is 0 Å². The van der Waals surface area contributed by atoms with Crippen molar-refractivity contribution in [2.75, 3.05) is 30.7 Å². The van der Waals surface area contributed by atoms with Gasteiger partial charge in [-0.15, -0.1) is 0 Å². The molecule has 2 aromatic carbocycles. The Hall–Kier alpha value is -2.24. The number of nitrogens with zero attached hydrogens (tertiary/aromatic N) is 2. The topological polar surface area (TPSA) is 61.6 Å². The van der Waals surface area contributed by atoms with E-state index in [1.807, 2.05) is 29.2 Å². The molecule has 4 rings (SSSR count). The maximum Gasteiger partial charge on any atom is 0.321 e. The number of piperidine rings is 1. The van der Waals surface area contributed by atoms with Crippen molar-refractivity contribution >= 4 is 29.0 Å². The number of urea groups is 1. The monoisotopic (exact) mass is 412 g/mol. The summed E-state index contributed by atoms with van der Waals surface area (Å²) in [6.45, 7) is 7.15. The molecule has 29 heavy (non-hydrogen) atoms. The Morgan fingerprint density at radius 1 is 1.10 bits per heavy atom. The molecule has 2 aliphatic rings. The van der Waals surface area contributed by atoms with E-state index in [2.05, 4.69) is 36.2 Å². The molecule has 2 aromatic rings. The number of carbonyl (C=O) groups excluding carboxylic acids is 1. The van der Waals surface area contributed by atoms with Gasteiger partial charge in [0.15, 0.2) is 0 Å². The third-order valence-electron chi connectivity index (χ3n) is 6.47. The molecule has 0 radical (unpaired) electrons. The first-order chi connectivity index (χ1) is 13.9. The summed E-state index contributed by atoms with van der Waals surface area (Å²) in [6.07, 6.45) is 2.03. The number of nitrogens with one attached hydrogen (secondary N) is 1. The smallest absolute Gasteiger partial charge is 0.321 e. The van der Waals surface area contributed by atoms with Crippen LogP contribution < -0.4 is 11.1 Å². The Labute approximate surface area is 177 Å². The van der Waals surface area contributed by atoms with Gasteiger partial charge in [-0.25, -0.2) is 4.79 Å². The van der Waals surface area contributed by atoms with Crippen LogP contribution in [0.4, 0.5) is 16.2 Å². The summed E-state index contributed by atoms with van der Waals surface area (Å²) in [5.41, 5.74) is 8.75. The van der Waals surface area contributed by atoms with Crippen LogP contribution in [0.3, 0.4) is 0 Å². The van der Waals surface area contributed by atoms with Gasteiger partial charge in [0.1, 0.15) is 0 Å². The summed E-state index contributed by atoms with van der Waals surface area (Å²) in [7, 11) is 0. The molecule has 0 aliphatic carbocycles. The second-order valence-electron chi connectivity index (χ2n) is 8.62. The molecule has 2 saturated heterocycles. The van der Waals surface area contributed by atoms with Crippen LogP contribution in [0.5, 0.6) is 0 Å². The van der Waals surface area contributed by atoms with Crippen LogP contribution in [-0.4, -0.2) is 41.5 Å². The average molecular weight is 413 g/mol. The fraction of sp³-hybridized carbons (Fsp3) is 0.435. The fourth-order valence-corrected chi connectivity index (χ4v) is 4.93. The summed E-state index contributed by atoms with van der Waals surface area (Å²) in [4.78, 5) is 17.2. The van der Waals surface area contributed by atoms with Gasteiger partial charge >= 0.3 is 6.03 Å². The van der Waals surface area contributed by atoms with E-state index < -0.39 is 0 Å². The van der Waals surface area contributed by atoms with Gasteiger partial charge < -0.3 is 16.0 Å². The Balaban J connectivity index is 1.43. The zero-order chi connectivity index (χ0) is 20.6. The van der Waals surface area contributed by atoms with Crippen LogP contribution in [-0.2, 0) is 0 Å². The Morgan fingerprint density at radius 3 is 2.31 bits per heavy atom. The van der Waals surface area contributed by atoms with E-state index in [9.17, 15) is 4.79 Å². The number of nitrogens with two attached hydrogens (primary N) is 1. The molecule has 0 saturated carbocycles. The van der Waals surface area contributed by atoms with Crippen molar-refractivity contribution in [1.82, 2.24) is 9.80 Å². The first-order valence-corrected chi connectivity index (χ1v) is 10.7. The summed E-state index contributed by atoms with van der Waals surface area (Å²) in [5.74, 6) is 0. The highest BCUT2D eigenvalue weighted by Gasteiger charge is 2.54. The molecule has 2 aliphatic heterocycles. The van der Waals surface area contributed by atoms with E-state index in [0.717, 1.165) is 43.2 Å². The maximum absolute atomic E-state index is 12.7. The van der Waals surface area contributed by atoms with Gasteiger partial charge in [0.25, 0.3) is 0 Å². The molecule has 2 fully saturated rings. The molecule has 2 heterocycles. The minimum Gasteiger partial charge on any atom is -0.399 e. The van der Waals surface area contributed by atoms with Crippen molar-refractivity contribution < 1.29 is 4.79 Å². The first kappa shape index (κ1) is 20.0. The van der Waals surface area contributed by atoms with Crippen LogP contribution in [0.2, 0.25) is 5.02 Å². The molecule has 1 spiro atoms. The average Bonchev–Trinajstić information content (AvgIpc) is 2.70. The summed E-state index contributed by atoms with van der Waals surface area (Å²) >= 11 is 6.11. The third-order valence-corrected chi connectivity index (χ3v) is 6.72. The van der Waals surface area contributed by atoms with E-state index in [0.29, 0.717) is 17.8 Å². The van der Waals surface area contributed by atoms with Crippen molar-refractivity contribution in [3.8, 4) is 0 Å². The maximum atomic E-state index is 12.7. The minimum absolute atomic E-state index is 0.0345. The molecule has 0 aromatic heterocycles. The Bertz CT molecular complexity index is 857. The third kappa shape index (κ3) is 3.94. The lowest BCUT2D eigenvalue weighted by atomic mass is 9.62. The van der Waals surface area contributed by atoms with Gasteiger partial charge in [0.05, 0.1) is 0 Å². The second-order valence-corrected chi connectivity index (χ2v) is 9.06. The SMILES string of the molecule is CC(C)N1CC2(CCN(C(=O)Nc3ccc(N)cc3)CC2)C1c1ccc(Cl)cc1. The summed E-state index contributed by atoms with van der Waals surface area (Å²) < 4.78 is 0. The summed E-state index contributed by atoms with van der Waals surface area (Å²) in [6, 6.07) is 16.4. The highest BCUT2D eigenvalue weighted by atomic mass is 35.5. The van der Waals surface area contributed by atoms with Crippen molar-refractivity contribution in [1.29, 1.82) is 0 Å². The van der Waals surface area contributed by atoms with Gasteiger partial charge in [-0.1, -0.05) is 23.7 Å². The van der Waals surface area contributed by atoms with E-state index in [-0.39, 0.29) is 11.4 Å². The molecule has 5 nitrogen and oxygen atoms in total. The molecular weight excluding hydrogens is 384 g/mol. The van der Waals surface area contributed by atoms with E-state index in [1.54, 1.807) is 12.1 Å². The zero-order valence-corrected chi connectivity index (χ0v) is 17.8. The number of rotatable bonds is 3. The van der Waals surface area contributed by atoms with Crippen LogP contribution >= 0.6 is 11.6 Å². The van der Waals surface area contributed by atoms with Crippen LogP contribution in [0.15, 0.2) is 48.5 Å². The largest absolute Gasteiger partial charge is 0.399 e. The van der Waals surface area contributed by atoms with Gasteiger partial charge in [-0.3, -0.25) is 4.90 Å². The van der Waals surface area contributed by atoms with E-state index in [4.69, 9.17) is 17.3 Å². The number of halogens is 1. The quantitative estimate of drug-likeness (QED) is 0.697. The number of hydrogen-bond acceptors (Lipinski definition) is 3. The highest BCUT2D eigenvalue weighted by molar-refractivity contribution is 6.30. The lowest BCUT2D eigenvalue weighted by Crippen LogP contribution is -2.64. The van der Waals surface area contributed by atoms with Crippen molar-refractivity contribution in [2.24, 2.45) is 5.41 Å². The molecular formula is C23H29ClN4O. The molecule has 2 amide bonds. The van der Waals surface area contributed by atoms with Gasteiger partial charge in [0, 0.05) is 53.5 Å². The standard InChI is InChI=1S/C23H29ClN4O/c1-16(2)28-15-23(21(28)17-3-5-18(24)6-4-17)11-13-27(14-12-23)22(29)26-20-9-7-19(25)8-10-20/h3-10,16,21H,11-15,25H2,1-2H3,(H,26,29). The number of hydrogen-bond donors (Lipinski definition) is 2. The molecule has 154 valence electrons. The number of anilines is 2. The van der Waals surface area contributed by atoms with Gasteiger partial charge in [0.2, 0.25) is 0 Å². The van der Waals surface area contributed by atoms with Crippen molar-refractivity contribution in [3.63, 3.8) is 0 Å². The van der Waals surface area contributed by atoms with E-state index >= 15 is 0 Å². The predicted molar refractivity (Wildman–Crippen MR) is 119 cm³/mol. The van der Waals surface area contributed by atoms with Crippen LogP contribution in [0.1, 0.15) is 38.3 Å². The highest BCUT2D eigenvalue weighted by Crippen LogP contribution is 2.55. The van der Waals surface area contributed by atoms with Crippen LogP contribution in [0.25, 0.3) is 0 Å². The van der Waals surface area contributed by atoms with Crippen molar-refractivity contribution in [2.45, 2.75) is 38.8 Å². The van der Waals surface area contributed by atoms with E-state index in [1.165, 1.54) is 5.56 Å². The number of likely N-dealkylation sites (tertiary alicyclic amines) is 2. The normalized spacial score (nSPS) is 21.2. The molecule has 1 unspecified atom stereocenters. The lowest BCUT2D eigenvalue weighted by molar-refractivity contribution is -0.123. The predicted octanol–water partition coefficient (Wildman–Crippen LogP) is 5.00. The molecule has 1 atom stereocenters. The van der Waals surface area contributed by atoms with Crippen molar-refractivity contribution in [3.05, 3.63) is 59.1 Å². The lowest BCUT2D eigenvalue weighted by Gasteiger charge is -2.62. The Kier molecular flexibility index (Phi) is 5.45. The molecule has 6 heteroatoms. The first-order valence-electron chi connectivity index (χ1n) is 10.3.